The van der Waals surface area contributed by atoms with Crippen LogP contribution in [0.25, 0.3) is 0 Å². The highest BCUT2D eigenvalue weighted by Gasteiger charge is 2.59. The number of hydrogen-bond acceptors (Lipinski definition) is 3. The number of allylic oxidation sites excluding steroid dienone is 2. The Bertz CT molecular complexity index is 863. The molecule has 4 aliphatic rings. The summed E-state index contributed by atoms with van der Waals surface area (Å²) in [6.45, 7) is 12.8. The molecule has 4 aliphatic carbocycles. The molecule has 0 radical (unpaired) electrons. The van der Waals surface area contributed by atoms with Crippen LogP contribution in [0.15, 0.2) is 24.2 Å². The lowest BCUT2D eigenvalue weighted by Gasteiger charge is -2.58. The Morgan fingerprint density at radius 1 is 1.06 bits per heavy atom. The third-order valence-corrected chi connectivity index (χ3v) is 14.1. The molecule has 0 amide bonds. The zero-order chi connectivity index (χ0) is 24.6. The first kappa shape index (κ1) is 26.3. The van der Waals surface area contributed by atoms with Gasteiger partial charge in [-0.05, 0) is 97.7 Å². The molecule has 1 aromatic rings. The number of fused-ring (bicyclic) bond motifs is 5. The largest absolute Gasteiger partial charge is 0.348 e. The second-order valence-electron chi connectivity index (χ2n) is 13.6. The number of aromatic nitrogens is 2. The van der Waals surface area contributed by atoms with Crippen molar-refractivity contribution in [3.05, 3.63) is 29.9 Å². The van der Waals surface area contributed by atoms with Crippen molar-refractivity contribution < 1.29 is 0 Å². The van der Waals surface area contributed by atoms with Crippen molar-refractivity contribution in [2.75, 3.05) is 0 Å². The molecular weight excluding hydrogens is 464 g/mol. The third-order valence-electron chi connectivity index (χ3n) is 11.2. The number of nitrogens with zero attached hydrogens (tertiary/aromatic N) is 1. The van der Waals surface area contributed by atoms with Crippen LogP contribution in [0.4, 0.5) is 0 Å². The Labute approximate surface area is 223 Å². The molecule has 3 unspecified atom stereocenters. The minimum Gasteiger partial charge on any atom is -0.348 e. The third kappa shape index (κ3) is 5.18. The van der Waals surface area contributed by atoms with E-state index in [2.05, 4.69) is 61.5 Å². The number of aromatic amines is 1. The Balaban J connectivity index is 1.21. The maximum Gasteiger partial charge on any atom is 0.0921 e. The van der Waals surface area contributed by atoms with Crippen LogP contribution in [-0.4, -0.2) is 15.2 Å². The summed E-state index contributed by atoms with van der Waals surface area (Å²) < 4.78 is 0. The van der Waals surface area contributed by atoms with Crippen molar-refractivity contribution in [2.24, 2.45) is 46.3 Å². The molecular formula is C31H50N2S2. The lowest BCUT2D eigenvalue weighted by Crippen LogP contribution is -2.50. The molecule has 8 atom stereocenters. The molecule has 0 saturated heterocycles. The predicted molar refractivity (Wildman–Crippen MR) is 154 cm³/mol. The van der Waals surface area contributed by atoms with Gasteiger partial charge >= 0.3 is 0 Å². The van der Waals surface area contributed by atoms with Crippen LogP contribution >= 0.6 is 21.6 Å². The van der Waals surface area contributed by atoms with Gasteiger partial charge in [0.1, 0.15) is 0 Å². The van der Waals surface area contributed by atoms with Crippen molar-refractivity contribution in [2.45, 2.75) is 116 Å². The summed E-state index contributed by atoms with van der Waals surface area (Å²) in [5, 5.41) is 0.787. The van der Waals surface area contributed by atoms with Gasteiger partial charge in [0.2, 0.25) is 0 Å². The molecule has 3 fully saturated rings. The monoisotopic (exact) mass is 514 g/mol. The summed E-state index contributed by atoms with van der Waals surface area (Å²) in [7, 11) is 4.15. The van der Waals surface area contributed by atoms with Crippen LogP contribution in [0.2, 0.25) is 0 Å². The van der Waals surface area contributed by atoms with Gasteiger partial charge in [0, 0.05) is 22.9 Å². The molecule has 196 valence electrons. The van der Waals surface area contributed by atoms with Gasteiger partial charge in [-0.2, -0.15) is 0 Å². The van der Waals surface area contributed by atoms with Crippen LogP contribution < -0.4 is 0 Å². The highest BCUT2D eigenvalue weighted by atomic mass is 33.1. The van der Waals surface area contributed by atoms with Gasteiger partial charge in [-0.25, -0.2) is 4.98 Å². The minimum absolute atomic E-state index is 0.482. The van der Waals surface area contributed by atoms with Gasteiger partial charge < -0.3 is 4.98 Å². The number of H-pyrrole nitrogens is 1. The first-order chi connectivity index (χ1) is 16.8. The Kier molecular flexibility index (Phi) is 8.10. The van der Waals surface area contributed by atoms with Crippen molar-refractivity contribution in [1.29, 1.82) is 0 Å². The predicted octanol–water partition coefficient (Wildman–Crippen LogP) is 9.70. The van der Waals surface area contributed by atoms with Crippen LogP contribution in [0.5, 0.6) is 0 Å². The number of hydrogen-bond donors (Lipinski definition) is 1. The quantitative estimate of drug-likeness (QED) is 0.262. The molecule has 0 aliphatic heterocycles. The molecule has 35 heavy (non-hydrogen) atoms. The fraction of sp³-hybridized carbons (Fsp3) is 0.839. The second kappa shape index (κ2) is 10.8. The smallest absolute Gasteiger partial charge is 0.0921 e. The van der Waals surface area contributed by atoms with E-state index in [-0.39, 0.29) is 0 Å². The molecule has 3 saturated carbocycles. The fourth-order valence-electron chi connectivity index (χ4n) is 9.29. The van der Waals surface area contributed by atoms with E-state index >= 15 is 0 Å². The van der Waals surface area contributed by atoms with E-state index in [4.69, 9.17) is 0 Å². The SMILES string of the molecule is CC(C)CCC[C@@H](C)[C@H]1CCC2C3CC=C4C[C@@H](SSCc5cnc[nH]5)CC[C@]4(C)C3CC[C@@]21C. The van der Waals surface area contributed by atoms with Crippen LogP contribution in [-0.2, 0) is 5.75 Å². The fourth-order valence-corrected chi connectivity index (χ4v) is 12.0. The Hall–Kier alpha value is -0.350. The molecule has 0 aromatic carbocycles. The van der Waals surface area contributed by atoms with E-state index in [0.29, 0.717) is 10.8 Å². The molecule has 2 nitrogen and oxygen atoms in total. The molecule has 5 rings (SSSR count). The minimum atomic E-state index is 0.482. The van der Waals surface area contributed by atoms with Crippen LogP contribution in [0.3, 0.4) is 0 Å². The standard InChI is InChI=1S/C31H50N2S2/c1-21(2)7-6-8-22(3)27-11-12-28-26-10-9-23-17-25(35-34-19-24-18-32-20-33-24)13-15-30(23,4)29(26)14-16-31(27,28)5/h9,18,20-22,25-29H,6-8,10-17,19H2,1-5H3,(H,32,33)/t22-,25+,26?,27-,28?,29?,30+,31-/m1/s1. The maximum atomic E-state index is 4.16. The highest BCUT2D eigenvalue weighted by molar-refractivity contribution is 8.76. The maximum absolute atomic E-state index is 4.16. The lowest BCUT2D eigenvalue weighted by molar-refractivity contribution is -0.0497. The highest BCUT2D eigenvalue weighted by Crippen LogP contribution is 2.67. The van der Waals surface area contributed by atoms with Crippen LogP contribution in [0.1, 0.15) is 111 Å². The lowest BCUT2D eigenvalue weighted by atomic mass is 9.47. The molecule has 0 bridgehead atoms. The van der Waals surface area contributed by atoms with E-state index in [1.807, 2.05) is 22.6 Å². The Morgan fingerprint density at radius 2 is 1.91 bits per heavy atom. The summed E-state index contributed by atoms with van der Waals surface area (Å²) >= 11 is 0. The van der Waals surface area contributed by atoms with E-state index < -0.39 is 0 Å². The van der Waals surface area contributed by atoms with Gasteiger partial charge in [-0.15, -0.1) is 0 Å². The summed E-state index contributed by atoms with van der Waals surface area (Å²) in [4.78, 5) is 7.41. The van der Waals surface area contributed by atoms with Crippen molar-refractivity contribution >= 4 is 21.6 Å². The van der Waals surface area contributed by atoms with Crippen molar-refractivity contribution in [3.63, 3.8) is 0 Å². The number of rotatable bonds is 9. The topological polar surface area (TPSA) is 28.7 Å². The molecule has 1 aromatic heterocycles. The first-order valence-electron chi connectivity index (χ1n) is 14.8. The van der Waals surface area contributed by atoms with Crippen molar-refractivity contribution in [1.82, 2.24) is 9.97 Å². The second-order valence-corrected chi connectivity index (χ2v) is 16.3. The molecule has 1 heterocycles. The molecule has 1 N–H and O–H groups in total. The average molecular weight is 515 g/mol. The zero-order valence-electron chi connectivity index (χ0n) is 23.0. The van der Waals surface area contributed by atoms with Crippen LogP contribution in [0, 0.1) is 46.3 Å². The van der Waals surface area contributed by atoms with E-state index in [9.17, 15) is 0 Å². The molecule has 0 spiro atoms. The summed E-state index contributed by atoms with van der Waals surface area (Å²) in [6, 6.07) is 0. The van der Waals surface area contributed by atoms with Gasteiger partial charge in [0.05, 0.1) is 6.33 Å². The van der Waals surface area contributed by atoms with Gasteiger partial charge in [0.25, 0.3) is 0 Å². The molecule has 4 heteroatoms. The van der Waals surface area contributed by atoms with E-state index in [1.54, 1.807) is 6.33 Å². The van der Waals surface area contributed by atoms with Gasteiger partial charge in [-0.1, -0.05) is 87.1 Å². The number of nitrogens with one attached hydrogen (secondary N) is 1. The average Bonchev–Trinajstić information content (AvgIpc) is 3.46. The summed E-state index contributed by atoms with van der Waals surface area (Å²) in [5.41, 5.74) is 4.18. The zero-order valence-corrected chi connectivity index (χ0v) is 24.7. The summed E-state index contributed by atoms with van der Waals surface area (Å²) in [5.74, 6) is 6.66. The van der Waals surface area contributed by atoms with E-state index in [1.165, 1.54) is 76.3 Å². The first-order valence-corrected chi connectivity index (χ1v) is 17.1. The number of imidazole rings is 1. The van der Waals surface area contributed by atoms with E-state index in [0.717, 1.165) is 46.5 Å². The van der Waals surface area contributed by atoms with Gasteiger partial charge in [0.15, 0.2) is 0 Å². The summed E-state index contributed by atoms with van der Waals surface area (Å²) in [6.07, 6.45) is 22.4. The normalized spacial score (nSPS) is 39.6. The Morgan fingerprint density at radius 3 is 2.69 bits per heavy atom. The van der Waals surface area contributed by atoms with Gasteiger partial charge in [-0.3, -0.25) is 0 Å². The van der Waals surface area contributed by atoms with Crippen molar-refractivity contribution in [3.8, 4) is 0 Å².